The lowest BCUT2D eigenvalue weighted by Gasteiger charge is -2.20. The lowest BCUT2D eigenvalue weighted by molar-refractivity contribution is -0.133. The molecule has 0 saturated carbocycles. The van der Waals surface area contributed by atoms with Crippen LogP contribution in [-0.4, -0.2) is 52.0 Å². The van der Waals surface area contributed by atoms with Crippen LogP contribution in [0.1, 0.15) is 32.8 Å². The number of hydrogen-bond acceptors (Lipinski definition) is 3. The third-order valence-corrected chi connectivity index (χ3v) is 4.86. The van der Waals surface area contributed by atoms with E-state index in [1.807, 2.05) is 41.6 Å². The zero-order chi connectivity index (χ0) is 19.9. The Labute approximate surface area is 166 Å². The number of aromatic nitrogens is 2. The summed E-state index contributed by atoms with van der Waals surface area (Å²) in [6.07, 6.45) is 6.44. The monoisotopic (exact) mass is 382 g/mol. The molecule has 2 N–H and O–H groups in total. The molecule has 1 aromatic heterocycles. The van der Waals surface area contributed by atoms with Crippen molar-refractivity contribution in [3.05, 3.63) is 48.5 Å². The van der Waals surface area contributed by atoms with Gasteiger partial charge in [-0.3, -0.25) is 4.79 Å². The van der Waals surface area contributed by atoms with Crippen molar-refractivity contribution in [3.63, 3.8) is 0 Å². The van der Waals surface area contributed by atoms with Gasteiger partial charge in [-0.2, -0.15) is 0 Å². The summed E-state index contributed by atoms with van der Waals surface area (Å²) in [6.45, 7) is 8.84. The molecule has 7 nitrogen and oxygen atoms in total. The molecule has 7 heteroatoms. The molecule has 0 aliphatic carbocycles. The average Bonchev–Trinajstić information content (AvgIpc) is 3.38. The van der Waals surface area contributed by atoms with Gasteiger partial charge in [-0.05, 0) is 25.0 Å². The summed E-state index contributed by atoms with van der Waals surface area (Å²) in [4.78, 5) is 23.1. The van der Waals surface area contributed by atoms with Crippen molar-refractivity contribution < 1.29 is 4.79 Å². The Kier molecular flexibility index (Phi) is 6.68. The molecule has 0 radical (unpaired) electrons. The van der Waals surface area contributed by atoms with Crippen LogP contribution < -0.4 is 10.6 Å². The van der Waals surface area contributed by atoms with E-state index in [9.17, 15) is 4.79 Å². The fraction of sp³-hybridized carbons (Fsp3) is 0.476. The molecule has 0 spiro atoms. The maximum atomic E-state index is 12.2. The highest BCUT2D eigenvalue weighted by Crippen LogP contribution is 2.16. The molecule has 1 aromatic carbocycles. The SMILES string of the molecule is CCNC(=NCc1ccccc1-n1ccnc1)NC1CCN(C(=O)C(C)C)C1. The van der Waals surface area contributed by atoms with Crippen LogP contribution in [0.5, 0.6) is 0 Å². The predicted octanol–water partition coefficient (Wildman–Crippen LogP) is 2.18. The van der Waals surface area contributed by atoms with E-state index in [1.54, 1.807) is 12.5 Å². The number of hydrogen-bond donors (Lipinski definition) is 2. The first kappa shape index (κ1) is 19.9. The average molecular weight is 383 g/mol. The summed E-state index contributed by atoms with van der Waals surface area (Å²) in [7, 11) is 0. The van der Waals surface area contributed by atoms with Gasteiger partial charge < -0.3 is 20.1 Å². The van der Waals surface area contributed by atoms with Gasteiger partial charge in [-0.1, -0.05) is 32.0 Å². The summed E-state index contributed by atoms with van der Waals surface area (Å²) >= 11 is 0. The number of carbonyl (C=O) groups excluding carboxylic acids is 1. The third-order valence-electron chi connectivity index (χ3n) is 4.86. The predicted molar refractivity (Wildman–Crippen MR) is 111 cm³/mol. The number of nitrogens with one attached hydrogen (secondary N) is 2. The van der Waals surface area contributed by atoms with E-state index >= 15 is 0 Å². The van der Waals surface area contributed by atoms with E-state index in [4.69, 9.17) is 4.99 Å². The molecule has 1 amide bonds. The third kappa shape index (κ3) is 4.91. The van der Waals surface area contributed by atoms with Crippen molar-refractivity contribution in [2.45, 2.75) is 39.8 Å². The molecule has 1 aliphatic rings. The molecule has 1 fully saturated rings. The minimum absolute atomic E-state index is 0.0420. The van der Waals surface area contributed by atoms with Gasteiger partial charge in [0.15, 0.2) is 5.96 Å². The summed E-state index contributed by atoms with van der Waals surface area (Å²) in [5.74, 6) is 1.05. The zero-order valence-corrected chi connectivity index (χ0v) is 16.9. The Hall–Kier alpha value is -2.83. The lowest BCUT2D eigenvalue weighted by Crippen LogP contribution is -2.45. The standard InChI is InChI=1S/C21H30N6O/c1-4-23-21(25-18-9-11-26(14-18)20(28)16(2)3)24-13-17-7-5-6-8-19(17)27-12-10-22-15-27/h5-8,10,12,15-16,18H,4,9,11,13-14H2,1-3H3,(H2,23,24,25). The van der Waals surface area contributed by atoms with Crippen molar-refractivity contribution in [2.75, 3.05) is 19.6 Å². The van der Waals surface area contributed by atoms with Gasteiger partial charge in [0.25, 0.3) is 0 Å². The number of para-hydroxylation sites is 1. The number of guanidine groups is 1. The second kappa shape index (κ2) is 9.39. The molecule has 0 bridgehead atoms. The Morgan fingerprint density at radius 3 is 2.89 bits per heavy atom. The van der Waals surface area contributed by atoms with Gasteiger partial charge in [0.05, 0.1) is 18.6 Å². The number of carbonyl (C=O) groups is 1. The van der Waals surface area contributed by atoms with Crippen LogP contribution in [0.2, 0.25) is 0 Å². The maximum absolute atomic E-state index is 12.2. The normalized spacial score (nSPS) is 17.2. The number of nitrogens with zero attached hydrogens (tertiary/aromatic N) is 4. The molecular formula is C21H30N6O. The maximum Gasteiger partial charge on any atom is 0.225 e. The van der Waals surface area contributed by atoms with Crippen LogP contribution in [0, 0.1) is 5.92 Å². The van der Waals surface area contributed by atoms with Gasteiger partial charge in [0.1, 0.15) is 0 Å². The number of likely N-dealkylation sites (tertiary alicyclic amines) is 1. The van der Waals surface area contributed by atoms with Gasteiger partial charge >= 0.3 is 0 Å². The van der Waals surface area contributed by atoms with Crippen molar-refractivity contribution >= 4 is 11.9 Å². The molecule has 1 saturated heterocycles. The van der Waals surface area contributed by atoms with Gasteiger partial charge in [0.2, 0.25) is 5.91 Å². The van der Waals surface area contributed by atoms with E-state index in [0.717, 1.165) is 43.3 Å². The van der Waals surface area contributed by atoms with E-state index in [2.05, 4.69) is 34.7 Å². The van der Waals surface area contributed by atoms with E-state index < -0.39 is 0 Å². The highest BCUT2D eigenvalue weighted by atomic mass is 16.2. The van der Waals surface area contributed by atoms with Crippen molar-refractivity contribution in [3.8, 4) is 5.69 Å². The number of imidazole rings is 1. The van der Waals surface area contributed by atoms with E-state index in [0.29, 0.717) is 6.54 Å². The molecule has 28 heavy (non-hydrogen) atoms. The smallest absolute Gasteiger partial charge is 0.225 e. The fourth-order valence-electron chi connectivity index (χ4n) is 3.42. The van der Waals surface area contributed by atoms with Crippen molar-refractivity contribution in [2.24, 2.45) is 10.9 Å². The highest BCUT2D eigenvalue weighted by Gasteiger charge is 2.27. The Balaban J connectivity index is 1.67. The zero-order valence-electron chi connectivity index (χ0n) is 16.9. The van der Waals surface area contributed by atoms with E-state index in [1.165, 1.54) is 0 Å². The second-order valence-electron chi connectivity index (χ2n) is 7.36. The largest absolute Gasteiger partial charge is 0.357 e. The van der Waals surface area contributed by atoms with Crippen LogP contribution in [0.4, 0.5) is 0 Å². The van der Waals surface area contributed by atoms with Crippen molar-refractivity contribution in [1.82, 2.24) is 25.1 Å². The lowest BCUT2D eigenvalue weighted by atomic mass is 10.2. The molecule has 1 atom stereocenters. The molecular weight excluding hydrogens is 352 g/mol. The summed E-state index contributed by atoms with van der Waals surface area (Å²) in [6, 6.07) is 8.42. The Morgan fingerprint density at radius 2 is 2.18 bits per heavy atom. The quantitative estimate of drug-likeness (QED) is 0.593. The number of amides is 1. The minimum atomic E-state index is 0.0420. The first-order valence-electron chi connectivity index (χ1n) is 9.98. The molecule has 1 unspecified atom stereocenters. The van der Waals surface area contributed by atoms with Crippen LogP contribution in [0.3, 0.4) is 0 Å². The molecule has 2 aromatic rings. The molecule has 2 heterocycles. The molecule has 1 aliphatic heterocycles. The second-order valence-corrected chi connectivity index (χ2v) is 7.36. The highest BCUT2D eigenvalue weighted by molar-refractivity contribution is 5.81. The summed E-state index contributed by atoms with van der Waals surface area (Å²) in [5.41, 5.74) is 2.20. The van der Waals surface area contributed by atoms with Crippen LogP contribution >= 0.6 is 0 Å². The first-order chi connectivity index (χ1) is 13.6. The van der Waals surface area contributed by atoms with Gasteiger partial charge in [-0.15, -0.1) is 0 Å². The summed E-state index contributed by atoms with van der Waals surface area (Å²) in [5, 5.41) is 6.81. The van der Waals surface area contributed by atoms with Crippen molar-refractivity contribution in [1.29, 1.82) is 0 Å². The van der Waals surface area contributed by atoms with E-state index in [-0.39, 0.29) is 17.9 Å². The van der Waals surface area contributed by atoms with Crippen LogP contribution in [0.25, 0.3) is 5.69 Å². The van der Waals surface area contributed by atoms with Gasteiger partial charge in [-0.25, -0.2) is 9.98 Å². The Morgan fingerprint density at radius 1 is 1.36 bits per heavy atom. The van der Waals surface area contributed by atoms with Gasteiger partial charge in [0, 0.05) is 44.0 Å². The molecule has 3 rings (SSSR count). The number of rotatable bonds is 6. The fourth-order valence-corrected chi connectivity index (χ4v) is 3.42. The van der Waals surface area contributed by atoms with Crippen LogP contribution in [0.15, 0.2) is 48.0 Å². The number of benzene rings is 1. The van der Waals surface area contributed by atoms with Crippen LogP contribution in [-0.2, 0) is 11.3 Å². The molecule has 150 valence electrons. The first-order valence-corrected chi connectivity index (χ1v) is 9.98. The minimum Gasteiger partial charge on any atom is -0.357 e. The Bertz CT molecular complexity index is 799. The topological polar surface area (TPSA) is 74.6 Å². The summed E-state index contributed by atoms with van der Waals surface area (Å²) < 4.78 is 2.00. The number of aliphatic imine (C=N–C) groups is 1.